The molecule has 1 aromatic carbocycles. The first-order valence-corrected chi connectivity index (χ1v) is 4.04. The van der Waals surface area contributed by atoms with E-state index in [1.807, 2.05) is 0 Å². The third kappa shape index (κ3) is 3.46. The second-order valence-corrected chi connectivity index (χ2v) is 2.86. The maximum Gasteiger partial charge on any atom is 0.416 e. The molecule has 0 atom stereocenters. The van der Waals surface area contributed by atoms with Gasteiger partial charge in [-0.2, -0.15) is 13.2 Å². The summed E-state index contributed by atoms with van der Waals surface area (Å²) in [4.78, 5) is 10.4. The van der Waals surface area contributed by atoms with E-state index in [2.05, 4.69) is 0 Å². The summed E-state index contributed by atoms with van der Waals surface area (Å²) >= 11 is 0. The Balaban J connectivity index is 2.86. The summed E-state index contributed by atoms with van der Waals surface area (Å²) in [5.74, 6) is -0.644. The van der Waals surface area contributed by atoms with E-state index in [0.29, 0.717) is 5.56 Å². The first kappa shape index (κ1) is 11.3. The molecule has 1 amide bonds. The summed E-state index contributed by atoms with van der Waals surface area (Å²) < 4.78 is 36.4. The lowest BCUT2D eigenvalue weighted by Gasteiger charge is -2.05. The topological polar surface area (TPSA) is 43.1 Å². The zero-order valence-corrected chi connectivity index (χ0v) is 7.58. The highest BCUT2D eigenvalue weighted by molar-refractivity contribution is 5.90. The Bertz CT molecular complexity index is 379. The zero-order chi connectivity index (χ0) is 11.5. The van der Waals surface area contributed by atoms with Crippen LogP contribution in [0, 0.1) is 0 Å². The largest absolute Gasteiger partial charge is 0.416 e. The molecule has 1 rings (SSSR count). The number of hydrogen-bond donors (Lipinski definition) is 1. The zero-order valence-electron chi connectivity index (χ0n) is 7.58. The minimum absolute atomic E-state index is 0.488. The molecule has 5 heteroatoms. The van der Waals surface area contributed by atoms with Gasteiger partial charge in [0.2, 0.25) is 5.91 Å². The molecule has 0 bridgehead atoms. The third-order valence-electron chi connectivity index (χ3n) is 1.68. The minimum atomic E-state index is -4.34. The molecular weight excluding hydrogens is 207 g/mol. The Morgan fingerprint density at radius 2 is 1.73 bits per heavy atom. The fourth-order valence-corrected chi connectivity index (χ4v) is 0.962. The molecule has 0 radical (unpaired) electrons. The molecule has 0 fully saturated rings. The number of rotatable bonds is 2. The SMILES string of the molecule is NC(=O)/C=C/c1ccc(C(F)(F)F)cc1. The fourth-order valence-electron chi connectivity index (χ4n) is 0.962. The van der Waals surface area contributed by atoms with Gasteiger partial charge < -0.3 is 5.73 Å². The van der Waals surface area contributed by atoms with E-state index in [0.717, 1.165) is 18.2 Å². The Labute approximate surface area is 84.2 Å². The van der Waals surface area contributed by atoms with Crippen molar-refractivity contribution in [1.82, 2.24) is 0 Å². The standard InChI is InChI=1S/C10H8F3NO/c11-10(12,13)8-4-1-7(2-5-8)3-6-9(14)15/h1-6H,(H2,14,15)/b6-3+. The molecule has 0 unspecified atom stereocenters. The molecular formula is C10H8F3NO. The van der Waals surface area contributed by atoms with Crippen LogP contribution < -0.4 is 5.73 Å². The molecule has 0 aliphatic carbocycles. The highest BCUT2D eigenvalue weighted by Crippen LogP contribution is 2.29. The predicted octanol–water partition coefficient (Wildman–Crippen LogP) is 2.20. The average molecular weight is 215 g/mol. The van der Waals surface area contributed by atoms with E-state index < -0.39 is 17.6 Å². The highest BCUT2D eigenvalue weighted by Gasteiger charge is 2.29. The number of halogens is 3. The van der Waals surface area contributed by atoms with E-state index in [-0.39, 0.29) is 0 Å². The molecule has 0 aliphatic heterocycles. The van der Waals surface area contributed by atoms with Crippen molar-refractivity contribution in [2.75, 3.05) is 0 Å². The number of hydrogen-bond acceptors (Lipinski definition) is 1. The number of amides is 1. The van der Waals surface area contributed by atoms with Crippen molar-refractivity contribution in [3.63, 3.8) is 0 Å². The van der Waals surface area contributed by atoms with Crippen molar-refractivity contribution in [2.45, 2.75) is 6.18 Å². The van der Waals surface area contributed by atoms with Gasteiger partial charge in [-0.05, 0) is 23.8 Å². The molecule has 1 aromatic rings. The molecule has 0 heterocycles. The molecule has 0 aromatic heterocycles. The average Bonchev–Trinajstić information content (AvgIpc) is 2.14. The van der Waals surface area contributed by atoms with E-state index in [1.165, 1.54) is 18.2 Å². The summed E-state index contributed by atoms with van der Waals surface area (Å²) in [6, 6.07) is 4.42. The van der Waals surface area contributed by atoms with Crippen molar-refractivity contribution in [1.29, 1.82) is 0 Å². The van der Waals surface area contributed by atoms with E-state index >= 15 is 0 Å². The number of alkyl halides is 3. The quantitative estimate of drug-likeness (QED) is 0.755. The number of primary amides is 1. The van der Waals surface area contributed by atoms with Crippen LogP contribution in [-0.2, 0) is 11.0 Å². The van der Waals surface area contributed by atoms with Gasteiger partial charge in [0.05, 0.1) is 5.56 Å². The van der Waals surface area contributed by atoms with Gasteiger partial charge in [0, 0.05) is 6.08 Å². The molecule has 0 saturated carbocycles. The molecule has 0 aliphatic rings. The Morgan fingerprint density at radius 3 is 2.13 bits per heavy atom. The maximum absolute atomic E-state index is 12.1. The van der Waals surface area contributed by atoms with Gasteiger partial charge in [-0.25, -0.2) is 0 Å². The minimum Gasteiger partial charge on any atom is -0.366 e. The summed E-state index contributed by atoms with van der Waals surface area (Å²) in [7, 11) is 0. The van der Waals surface area contributed by atoms with Gasteiger partial charge in [-0.3, -0.25) is 4.79 Å². The fraction of sp³-hybridized carbons (Fsp3) is 0.100. The van der Waals surface area contributed by atoms with Crippen LogP contribution >= 0.6 is 0 Å². The lowest BCUT2D eigenvalue weighted by molar-refractivity contribution is -0.137. The molecule has 80 valence electrons. The van der Waals surface area contributed by atoms with Crippen molar-refractivity contribution >= 4 is 12.0 Å². The van der Waals surface area contributed by atoms with Crippen molar-refractivity contribution < 1.29 is 18.0 Å². The van der Waals surface area contributed by atoms with Crippen LogP contribution in [-0.4, -0.2) is 5.91 Å². The van der Waals surface area contributed by atoms with Gasteiger partial charge in [-0.15, -0.1) is 0 Å². The Kier molecular flexibility index (Phi) is 3.14. The summed E-state index contributed by atoms with van der Waals surface area (Å²) in [5.41, 5.74) is 4.60. The van der Waals surface area contributed by atoms with Gasteiger partial charge in [-0.1, -0.05) is 12.1 Å². The smallest absolute Gasteiger partial charge is 0.366 e. The van der Waals surface area contributed by atoms with Crippen molar-refractivity contribution in [3.8, 4) is 0 Å². The molecule has 15 heavy (non-hydrogen) atoms. The molecule has 0 spiro atoms. The van der Waals surface area contributed by atoms with Gasteiger partial charge in [0.15, 0.2) is 0 Å². The van der Waals surface area contributed by atoms with Crippen LogP contribution in [0.15, 0.2) is 30.3 Å². The van der Waals surface area contributed by atoms with E-state index in [4.69, 9.17) is 5.73 Å². The van der Waals surface area contributed by atoms with Crippen LogP contribution in [0.3, 0.4) is 0 Å². The van der Waals surface area contributed by atoms with Crippen LogP contribution in [0.25, 0.3) is 6.08 Å². The lowest BCUT2D eigenvalue weighted by atomic mass is 10.1. The first-order chi connectivity index (χ1) is 6.89. The molecule has 0 saturated heterocycles. The van der Waals surface area contributed by atoms with Crippen molar-refractivity contribution in [2.24, 2.45) is 5.73 Å². The van der Waals surface area contributed by atoms with Crippen LogP contribution in [0.5, 0.6) is 0 Å². The third-order valence-corrected chi connectivity index (χ3v) is 1.68. The van der Waals surface area contributed by atoms with Gasteiger partial charge in [0.1, 0.15) is 0 Å². The maximum atomic E-state index is 12.1. The van der Waals surface area contributed by atoms with E-state index in [1.54, 1.807) is 0 Å². The molecule has 2 nitrogen and oxygen atoms in total. The highest BCUT2D eigenvalue weighted by atomic mass is 19.4. The van der Waals surface area contributed by atoms with Crippen LogP contribution in [0.2, 0.25) is 0 Å². The Hall–Kier alpha value is -1.78. The second-order valence-electron chi connectivity index (χ2n) is 2.86. The van der Waals surface area contributed by atoms with Crippen molar-refractivity contribution in [3.05, 3.63) is 41.5 Å². The second kappa shape index (κ2) is 4.16. The first-order valence-electron chi connectivity index (χ1n) is 4.04. The number of carbonyl (C=O) groups excluding carboxylic acids is 1. The number of carbonyl (C=O) groups is 1. The van der Waals surface area contributed by atoms with Gasteiger partial charge in [0.25, 0.3) is 0 Å². The summed E-state index contributed by atoms with van der Waals surface area (Å²) in [6.07, 6.45) is -1.91. The Morgan fingerprint density at radius 1 is 1.20 bits per heavy atom. The number of nitrogens with two attached hydrogens (primary N) is 1. The monoisotopic (exact) mass is 215 g/mol. The lowest BCUT2D eigenvalue weighted by Crippen LogP contribution is -2.05. The molecule has 2 N–H and O–H groups in total. The van der Waals surface area contributed by atoms with Crippen LogP contribution in [0.4, 0.5) is 13.2 Å². The summed E-state index contributed by atoms with van der Waals surface area (Å²) in [5, 5.41) is 0. The normalized spacial score (nSPS) is 11.9. The number of benzene rings is 1. The van der Waals surface area contributed by atoms with Gasteiger partial charge >= 0.3 is 6.18 Å². The predicted molar refractivity (Wildman–Crippen MR) is 49.7 cm³/mol. The van der Waals surface area contributed by atoms with E-state index in [9.17, 15) is 18.0 Å². The summed E-state index contributed by atoms with van der Waals surface area (Å²) in [6.45, 7) is 0. The van der Waals surface area contributed by atoms with Crippen LogP contribution in [0.1, 0.15) is 11.1 Å².